The second-order valence-corrected chi connectivity index (χ2v) is 7.82. The molecule has 0 fully saturated rings. The molecule has 0 unspecified atom stereocenters. The molecule has 34 heavy (non-hydrogen) atoms. The van der Waals surface area contributed by atoms with Gasteiger partial charge >= 0.3 is 12.1 Å². The highest BCUT2D eigenvalue weighted by Gasteiger charge is 2.43. The first-order valence-electron chi connectivity index (χ1n) is 10.4. The molecule has 3 aromatic heterocycles. The molecular formula is C24H17F3N4O3. The number of pyridine rings is 2. The monoisotopic (exact) mass is 466 g/mol. The molecule has 10 heteroatoms. The third-order valence-electron chi connectivity index (χ3n) is 5.67. The molecule has 1 aliphatic heterocycles. The Morgan fingerprint density at radius 1 is 1.12 bits per heavy atom. The third-order valence-corrected chi connectivity index (χ3v) is 5.67. The Morgan fingerprint density at radius 2 is 1.91 bits per heavy atom. The maximum absolute atomic E-state index is 13.0. The van der Waals surface area contributed by atoms with Gasteiger partial charge in [-0.2, -0.15) is 17.9 Å². The van der Waals surface area contributed by atoms with Gasteiger partial charge in [0.05, 0.1) is 28.2 Å². The van der Waals surface area contributed by atoms with E-state index < -0.39 is 18.1 Å². The highest BCUT2D eigenvalue weighted by atomic mass is 19.4. The van der Waals surface area contributed by atoms with E-state index in [9.17, 15) is 22.8 Å². The molecule has 5 rings (SSSR count). The topological polar surface area (TPSA) is 86.1 Å². The van der Waals surface area contributed by atoms with E-state index in [2.05, 4.69) is 15.3 Å². The molecule has 1 aromatic carbocycles. The molecule has 0 saturated heterocycles. The number of benzene rings is 1. The summed E-state index contributed by atoms with van der Waals surface area (Å²) in [6.07, 6.45) is -1.83. The lowest BCUT2D eigenvalue weighted by Crippen LogP contribution is -2.37. The Bertz CT molecular complexity index is 1460. The minimum Gasteiger partial charge on any atom is -0.352 e. The standard InChI is InChI=1S/C24H17F3N4O3/c1-13-20-19(7-9-29-22(20)32)31(34-23(33)24(25,26)27)21(13)15-6-8-28-18(11-15)16-10-14-4-2-3-5-17(14)30-12-16/h2-6,8,10-12H,7,9H2,1H3,(H,29,32). The van der Waals surface area contributed by atoms with Crippen molar-refractivity contribution in [3.63, 3.8) is 0 Å². The molecule has 0 spiro atoms. The van der Waals surface area contributed by atoms with E-state index in [0.29, 0.717) is 22.4 Å². The smallest absolute Gasteiger partial charge is 0.352 e. The van der Waals surface area contributed by atoms with Crippen LogP contribution in [0.15, 0.2) is 54.9 Å². The van der Waals surface area contributed by atoms with Gasteiger partial charge in [-0.3, -0.25) is 14.8 Å². The number of hydrogen-bond donors (Lipinski definition) is 1. The van der Waals surface area contributed by atoms with Crippen molar-refractivity contribution in [1.82, 2.24) is 20.0 Å². The summed E-state index contributed by atoms with van der Waals surface area (Å²) in [5.74, 6) is -2.81. The summed E-state index contributed by atoms with van der Waals surface area (Å²) in [6.45, 7) is 1.82. The molecule has 0 aliphatic carbocycles. The number of hydrogen-bond acceptors (Lipinski definition) is 5. The zero-order valence-electron chi connectivity index (χ0n) is 17.8. The Kier molecular flexibility index (Phi) is 5.07. The first-order valence-corrected chi connectivity index (χ1v) is 10.4. The van der Waals surface area contributed by atoms with Crippen molar-refractivity contribution in [3.8, 4) is 22.5 Å². The predicted octanol–water partition coefficient (Wildman–Crippen LogP) is 3.88. The quantitative estimate of drug-likeness (QED) is 0.495. The number of nitrogens with one attached hydrogen (secondary N) is 1. The normalized spacial score (nSPS) is 13.5. The summed E-state index contributed by atoms with van der Waals surface area (Å²) in [5, 5.41) is 3.57. The summed E-state index contributed by atoms with van der Waals surface area (Å²) in [7, 11) is 0. The number of rotatable bonds is 3. The summed E-state index contributed by atoms with van der Waals surface area (Å²) in [6, 6.07) is 12.7. The zero-order valence-corrected chi connectivity index (χ0v) is 17.8. The number of amides is 1. The van der Waals surface area contributed by atoms with Gasteiger partial charge in [0.2, 0.25) is 0 Å². The van der Waals surface area contributed by atoms with Crippen molar-refractivity contribution in [1.29, 1.82) is 0 Å². The number of halogens is 3. The molecule has 0 bridgehead atoms. The van der Waals surface area contributed by atoms with Crippen molar-refractivity contribution >= 4 is 22.8 Å². The van der Waals surface area contributed by atoms with Gasteiger partial charge in [0.25, 0.3) is 5.91 Å². The van der Waals surface area contributed by atoms with E-state index in [-0.39, 0.29) is 29.9 Å². The van der Waals surface area contributed by atoms with Crippen LogP contribution in [0.5, 0.6) is 0 Å². The van der Waals surface area contributed by atoms with E-state index >= 15 is 0 Å². The second-order valence-electron chi connectivity index (χ2n) is 7.82. The fourth-order valence-corrected chi connectivity index (χ4v) is 4.15. The van der Waals surface area contributed by atoms with E-state index in [1.807, 2.05) is 30.3 Å². The first kappa shape index (κ1) is 21.6. The van der Waals surface area contributed by atoms with Crippen LogP contribution in [0.4, 0.5) is 13.2 Å². The van der Waals surface area contributed by atoms with Gasteiger partial charge < -0.3 is 10.2 Å². The lowest BCUT2D eigenvalue weighted by atomic mass is 10.0. The van der Waals surface area contributed by atoms with Crippen molar-refractivity contribution in [2.24, 2.45) is 0 Å². The van der Waals surface area contributed by atoms with Crippen LogP contribution in [0.1, 0.15) is 21.6 Å². The van der Waals surface area contributed by atoms with Crippen molar-refractivity contribution in [2.75, 3.05) is 6.54 Å². The van der Waals surface area contributed by atoms with E-state index in [1.165, 1.54) is 6.20 Å². The van der Waals surface area contributed by atoms with Crippen LogP contribution in [0.3, 0.4) is 0 Å². The fourth-order valence-electron chi connectivity index (χ4n) is 4.15. The average Bonchev–Trinajstić information content (AvgIpc) is 3.10. The summed E-state index contributed by atoms with van der Waals surface area (Å²) >= 11 is 0. The molecule has 1 N–H and O–H groups in total. The molecule has 4 heterocycles. The number of carbonyl (C=O) groups is 2. The molecule has 7 nitrogen and oxygen atoms in total. The van der Waals surface area contributed by atoms with Gasteiger partial charge in [0.15, 0.2) is 0 Å². The third kappa shape index (κ3) is 3.66. The number of alkyl halides is 3. The highest BCUT2D eigenvalue weighted by Crippen LogP contribution is 2.34. The maximum atomic E-state index is 13.0. The molecule has 0 atom stereocenters. The minimum atomic E-state index is -5.20. The minimum absolute atomic E-state index is 0.178. The van der Waals surface area contributed by atoms with Crippen molar-refractivity contribution in [3.05, 3.63) is 71.7 Å². The summed E-state index contributed by atoms with van der Waals surface area (Å²) < 4.78 is 39.9. The average molecular weight is 466 g/mol. The molecule has 172 valence electrons. The van der Waals surface area contributed by atoms with E-state index in [0.717, 1.165) is 15.6 Å². The largest absolute Gasteiger partial charge is 0.493 e. The Morgan fingerprint density at radius 3 is 2.71 bits per heavy atom. The van der Waals surface area contributed by atoms with Crippen LogP contribution in [0.2, 0.25) is 0 Å². The van der Waals surface area contributed by atoms with Gasteiger partial charge in [-0.05, 0) is 36.8 Å². The second kappa shape index (κ2) is 7.98. The van der Waals surface area contributed by atoms with Crippen molar-refractivity contribution in [2.45, 2.75) is 19.5 Å². The molecular weight excluding hydrogens is 449 g/mol. The molecule has 1 amide bonds. The maximum Gasteiger partial charge on any atom is 0.493 e. The number of carbonyl (C=O) groups excluding carboxylic acids is 2. The van der Waals surface area contributed by atoms with Crippen LogP contribution < -0.4 is 10.2 Å². The zero-order chi connectivity index (χ0) is 24.0. The van der Waals surface area contributed by atoms with E-state index in [4.69, 9.17) is 4.84 Å². The lowest BCUT2D eigenvalue weighted by Gasteiger charge is -2.17. The van der Waals surface area contributed by atoms with Gasteiger partial charge in [0, 0.05) is 41.9 Å². The Balaban J connectivity index is 1.66. The number of aromatic nitrogens is 3. The molecule has 1 aliphatic rings. The van der Waals surface area contributed by atoms with Crippen LogP contribution in [0.25, 0.3) is 33.4 Å². The molecule has 4 aromatic rings. The fraction of sp³-hybridized carbons (Fsp3) is 0.167. The van der Waals surface area contributed by atoms with Crippen LogP contribution in [-0.4, -0.2) is 39.3 Å². The van der Waals surface area contributed by atoms with Crippen LogP contribution in [0, 0.1) is 6.92 Å². The van der Waals surface area contributed by atoms with Crippen LogP contribution in [-0.2, 0) is 11.2 Å². The predicted molar refractivity (Wildman–Crippen MR) is 117 cm³/mol. The van der Waals surface area contributed by atoms with Gasteiger partial charge in [-0.1, -0.05) is 18.2 Å². The highest BCUT2D eigenvalue weighted by molar-refractivity contribution is 6.00. The number of nitrogens with zero attached hydrogens (tertiary/aromatic N) is 3. The van der Waals surface area contributed by atoms with Crippen LogP contribution >= 0.6 is 0 Å². The first-order chi connectivity index (χ1) is 16.2. The molecule has 0 radical (unpaired) electrons. The summed E-state index contributed by atoms with van der Waals surface area (Å²) in [4.78, 5) is 37.8. The van der Waals surface area contributed by atoms with Gasteiger partial charge in [-0.15, -0.1) is 0 Å². The van der Waals surface area contributed by atoms with Crippen molar-refractivity contribution < 1.29 is 27.6 Å². The Hall–Kier alpha value is -4.21. The van der Waals surface area contributed by atoms with E-state index in [1.54, 1.807) is 25.3 Å². The van der Waals surface area contributed by atoms with Gasteiger partial charge in [0.1, 0.15) is 0 Å². The number of fused-ring (bicyclic) bond motifs is 2. The Labute approximate surface area is 191 Å². The lowest BCUT2D eigenvalue weighted by molar-refractivity contribution is -0.199. The molecule has 0 saturated carbocycles. The van der Waals surface area contributed by atoms with Gasteiger partial charge in [-0.25, -0.2) is 4.79 Å². The SMILES string of the molecule is Cc1c2c(n(OC(=O)C(F)(F)F)c1-c1ccnc(-c3cnc4ccccc4c3)c1)CCNC2=O. The summed E-state index contributed by atoms with van der Waals surface area (Å²) in [5.41, 5.74) is 3.45. The number of para-hydroxylation sites is 1.